The topological polar surface area (TPSA) is 77.0 Å². The van der Waals surface area contributed by atoms with E-state index in [1.807, 2.05) is 38.4 Å². The third-order valence-corrected chi connectivity index (χ3v) is 7.62. The van der Waals surface area contributed by atoms with Gasteiger partial charge >= 0.3 is 0 Å². The number of nitrogens with zero attached hydrogens (tertiary/aromatic N) is 2. The number of methoxy groups -OCH3 is 2. The lowest BCUT2D eigenvalue weighted by molar-refractivity contribution is -0.101. The lowest BCUT2D eigenvalue weighted by Crippen LogP contribution is -2.55. The van der Waals surface area contributed by atoms with Crippen molar-refractivity contribution in [2.24, 2.45) is 7.05 Å². The van der Waals surface area contributed by atoms with E-state index in [1.165, 1.54) is 0 Å². The first-order chi connectivity index (χ1) is 17.8. The van der Waals surface area contributed by atoms with Gasteiger partial charge in [-0.15, -0.1) is 0 Å². The Morgan fingerprint density at radius 1 is 1.22 bits per heavy atom. The molecule has 2 aromatic rings. The maximum atomic E-state index is 13.0. The van der Waals surface area contributed by atoms with Gasteiger partial charge in [0.05, 0.1) is 32.0 Å². The van der Waals surface area contributed by atoms with Crippen molar-refractivity contribution < 1.29 is 14.2 Å². The van der Waals surface area contributed by atoms with E-state index in [1.54, 1.807) is 31.9 Å². The highest BCUT2D eigenvalue weighted by Crippen LogP contribution is 2.39. The van der Waals surface area contributed by atoms with Gasteiger partial charge in [0.2, 0.25) is 0 Å². The quantitative estimate of drug-likeness (QED) is 0.567. The second-order valence-corrected chi connectivity index (χ2v) is 9.91. The molecule has 2 fully saturated rings. The molecule has 8 nitrogen and oxygen atoms in total. The van der Waals surface area contributed by atoms with Gasteiger partial charge in [-0.2, -0.15) is 0 Å². The van der Waals surface area contributed by atoms with Gasteiger partial charge in [-0.3, -0.25) is 9.69 Å². The van der Waals surface area contributed by atoms with Crippen LogP contribution >= 0.6 is 0 Å². The van der Waals surface area contributed by atoms with E-state index in [-0.39, 0.29) is 11.2 Å². The molecule has 2 aliphatic rings. The molecule has 0 saturated carbocycles. The summed E-state index contributed by atoms with van der Waals surface area (Å²) in [5, 5.41) is 6.58. The Kier molecular flexibility index (Phi) is 8.42. The van der Waals surface area contributed by atoms with E-state index in [0.29, 0.717) is 5.56 Å². The molecular formula is C29H40N4O4. The maximum absolute atomic E-state index is 13.0. The van der Waals surface area contributed by atoms with E-state index in [4.69, 9.17) is 14.2 Å². The fraction of sp³-hybridized carbons (Fsp3) is 0.483. The van der Waals surface area contributed by atoms with Crippen LogP contribution in [0.5, 0.6) is 11.5 Å². The van der Waals surface area contributed by atoms with Crippen LogP contribution in [0.2, 0.25) is 0 Å². The summed E-state index contributed by atoms with van der Waals surface area (Å²) in [5.74, 6) is 1.52. The van der Waals surface area contributed by atoms with Crippen LogP contribution in [0.3, 0.4) is 0 Å². The van der Waals surface area contributed by atoms with Gasteiger partial charge in [0, 0.05) is 69.8 Å². The average molecular weight is 509 g/mol. The van der Waals surface area contributed by atoms with Gasteiger partial charge in [0.1, 0.15) is 11.5 Å². The Labute approximate surface area is 219 Å². The summed E-state index contributed by atoms with van der Waals surface area (Å²) in [5.41, 5.74) is 4.95. The Bertz CT molecular complexity index is 1190. The number of morpholine rings is 1. The molecule has 0 radical (unpaired) electrons. The largest absolute Gasteiger partial charge is 0.496 e. The van der Waals surface area contributed by atoms with Crippen molar-refractivity contribution in [2.75, 3.05) is 54.1 Å². The zero-order valence-electron chi connectivity index (χ0n) is 22.8. The molecule has 37 heavy (non-hydrogen) atoms. The van der Waals surface area contributed by atoms with E-state index in [2.05, 4.69) is 22.1 Å². The number of allylic oxidation sites excluding steroid dienone is 1. The minimum atomic E-state index is -0.0798. The van der Waals surface area contributed by atoms with Crippen molar-refractivity contribution in [3.05, 3.63) is 57.6 Å². The summed E-state index contributed by atoms with van der Waals surface area (Å²) < 4.78 is 19.5. The van der Waals surface area contributed by atoms with Crippen molar-refractivity contribution in [3.8, 4) is 22.6 Å². The number of aromatic nitrogens is 1. The van der Waals surface area contributed by atoms with Gasteiger partial charge in [0.25, 0.3) is 5.56 Å². The van der Waals surface area contributed by atoms with Gasteiger partial charge in [-0.25, -0.2) is 0 Å². The summed E-state index contributed by atoms with van der Waals surface area (Å²) in [6.45, 7) is 11.2. The number of hydrogen-bond donors (Lipinski definition) is 2. The highest BCUT2D eigenvalue weighted by molar-refractivity contribution is 5.81. The highest BCUT2D eigenvalue weighted by Gasteiger charge is 2.37. The number of hydrogen-bond acceptors (Lipinski definition) is 7. The van der Waals surface area contributed by atoms with Gasteiger partial charge < -0.3 is 29.4 Å². The van der Waals surface area contributed by atoms with E-state index < -0.39 is 0 Å². The Morgan fingerprint density at radius 2 is 1.89 bits per heavy atom. The number of aryl methyl sites for hydroxylation is 1. The second kappa shape index (κ2) is 11.5. The number of benzene rings is 1. The van der Waals surface area contributed by atoms with E-state index in [9.17, 15) is 4.79 Å². The molecule has 8 heteroatoms. The van der Waals surface area contributed by atoms with Crippen molar-refractivity contribution in [1.82, 2.24) is 20.1 Å². The molecule has 0 aliphatic carbocycles. The third-order valence-electron chi connectivity index (χ3n) is 7.62. The standard InChI is InChI=1S/C29H40N4O4/c1-7-22-23(14-20(2)30-3)28(34)32(4)17-24(22)21-15-26(35-5)25(27(16-21)36-6)18-33-11-8-29(9-12-33)19-31-10-13-37-29/h7,14-17,30-31H,1,8-13,18-19H2,2-6H3/b20-14+. The lowest BCUT2D eigenvalue weighted by atomic mass is 9.89. The minimum Gasteiger partial charge on any atom is -0.496 e. The number of likely N-dealkylation sites (tertiary alicyclic amines) is 1. The fourth-order valence-electron chi connectivity index (χ4n) is 5.32. The smallest absolute Gasteiger partial charge is 0.258 e. The predicted octanol–water partition coefficient (Wildman–Crippen LogP) is 3.25. The van der Waals surface area contributed by atoms with Crippen LogP contribution in [0, 0.1) is 0 Å². The summed E-state index contributed by atoms with van der Waals surface area (Å²) in [6, 6.07) is 4.06. The van der Waals surface area contributed by atoms with Crippen LogP contribution in [0.4, 0.5) is 0 Å². The first-order valence-electron chi connectivity index (χ1n) is 12.9. The lowest BCUT2D eigenvalue weighted by Gasteiger charge is -2.44. The molecule has 2 saturated heterocycles. The number of piperidine rings is 1. The molecule has 2 aliphatic heterocycles. The molecule has 0 unspecified atom stereocenters. The highest BCUT2D eigenvalue weighted by atomic mass is 16.5. The fourth-order valence-corrected chi connectivity index (χ4v) is 5.32. The molecular weight excluding hydrogens is 468 g/mol. The monoisotopic (exact) mass is 508 g/mol. The van der Waals surface area contributed by atoms with Crippen LogP contribution in [-0.4, -0.2) is 69.1 Å². The van der Waals surface area contributed by atoms with Crippen LogP contribution in [-0.2, 0) is 18.3 Å². The molecule has 2 N–H and O–H groups in total. The number of nitrogens with one attached hydrogen (secondary N) is 2. The first-order valence-corrected chi connectivity index (χ1v) is 12.9. The maximum Gasteiger partial charge on any atom is 0.258 e. The van der Waals surface area contributed by atoms with Crippen LogP contribution < -0.4 is 25.7 Å². The SMILES string of the molecule is C=Cc1c(-c2cc(OC)c(CN3CCC4(CC3)CNCCO4)c(OC)c2)cn(C)c(=O)c1/C=C(\C)NC. The molecule has 1 aromatic carbocycles. The Balaban J connectivity index is 1.69. The molecule has 1 spiro atoms. The number of rotatable bonds is 8. The van der Waals surface area contributed by atoms with Crippen molar-refractivity contribution in [3.63, 3.8) is 0 Å². The summed E-state index contributed by atoms with van der Waals surface area (Å²) in [7, 11) is 6.98. The van der Waals surface area contributed by atoms with E-state index in [0.717, 1.165) is 91.6 Å². The van der Waals surface area contributed by atoms with Crippen LogP contribution in [0.15, 0.2) is 35.4 Å². The summed E-state index contributed by atoms with van der Waals surface area (Å²) >= 11 is 0. The zero-order chi connectivity index (χ0) is 26.6. The summed E-state index contributed by atoms with van der Waals surface area (Å²) in [4.78, 5) is 15.4. The molecule has 200 valence electrons. The van der Waals surface area contributed by atoms with Gasteiger partial charge in [-0.05, 0) is 49.1 Å². The molecule has 0 amide bonds. The Morgan fingerprint density at radius 3 is 2.43 bits per heavy atom. The minimum absolute atomic E-state index is 0.0328. The molecule has 1 aromatic heterocycles. The average Bonchev–Trinajstić information content (AvgIpc) is 2.92. The Hall–Kier alpha value is -3.07. The van der Waals surface area contributed by atoms with Crippen molar-refractivity contribution in [1.29, 1.82) is 0 Å². The van der Waals surface area contributed by atoms with Gasteiger partial charge in [-0.1, -0.05) is 12.7 Å². The second-order valence-electron chi connectivity index (χ2n) is 9.91. The van der Waals surface area contributed by atoms with Crippen molar-refractivity contribution >= 4 is 12.2 Å². The van der Waals surface area contributed by atoms with Crippen LogP contribution in [0.25, 0.3) is 23.3 Å². The van der Waals surface area contributed by atoms with Gasteiger partial charge in [0.15, 0.2) is 0 Å². The van der Waals surface area contributed by atoms with Crippen LogP contribution in [0.1, 0.15) is 36.5 Å². The molecule has 3 heterocycles. The molecule has 0 bridgehead atoms. The number of ether oxygens (including phenoxy) is 3. The number of pyridine rings is 1. The summed E-state index contributed by atoms with van der Waals surface area (Å²) in [6.07, 6.45) is 7.46. The zero-order valence-corrected chi connectivity index (χ0v) is 22.8. The normalized spacial score (nSPS) is 18.0. The van der Waals surface area contributed by atoms with Crippen molar-refractivity contribution in [2.45, 2.75) is 31.9 Å². The predicted molar refractivity (Wildman–Crippen MR) is 149 cm³/mol. The third kappa shape index (κ3) is 5.61. The molecule has 4 rings (SSSR count). The van der Waals surface area contributed by atoms with E-state index >= 15 is 0 Å². The first kappa shape index (κ1) is 27.0. The molecule has 0 atom stereocenters.